The Morgan fingerprint density at radius 1 is 1.23 bits per heavy atom. The number of carbonyl (C=O) groups excluding carboxylic acids is 1. The van der Waals surface area contributed by atoms with Crippen LogP contribution in [0.15, 0.2) is 47.7 Å². The van der Waals surface area contributed by atoms with Gasteiger partial charge in [-0.1, -0.05) is 18.2 Å². The minimum Gasteiger partial charge on any atom is -0.502 e. The molecule has 0 spiro atoms. The number of hydrogen-bond donors (Lipinski definition) is 2. The molecule has 8 nitrogen and oxygen atoms in total. The molecule has 2 aromatic carbocycles. The van der Waals surface area contributed by atoms with E-state index in [1.54, 1.807) is 11.8 Å². The minimum absolute atomic E-state index is 0.270. The van der Waals surface area contributed by atoms with Crippen molar-refractivity contribution in [3.05, 3.63) is 74.5 Å². The number of esters is 1. The fourth-order valence-electron chi connectivity index (χ4n) is 3.48. The SMILES string of the molecule is COC(=O)C1=C(C)N(c2cc(C)ccc2C)C(=S)NC1c1ccc(O)c([N+](=O)[O-])c1. The van der Waals surface area contributed by atoms with Gasteiger partial charge < -0.3 is 15.2 Å². The monoisotopic (exact) mass is 427 g/mol. The predicted molar refractivity (Wildman–Crippen MR) is 116 cm³/mol. The Hall–Kier alpha value is -3.46. The van der Waals surface area contributed by atoms with Crippen LogP contribution in [0.2, 0.25) is 0 Å². The van der Waals surface area contributed by atoms with Crippen molar-refractivity contribution in [3.63, 3.8) is 0 Å². The number of aromatic hydroxyl groups is 1. The van der Waals surface area contributed by atoms with Gasteiger partial charge in [-0.05, 0) is 61.8 Å². The van der Waals surface area contributed by atoms with E-state index in [0.29, 0.717) is 16.4 Å². The first kappa shape index (κ1) is 21.3. The molecule has 3 rings (SSSR count). The summed E-state index contributed by atoms with van der Waals surface area (Å²) in [5.74, 6) is -1.04. The van der Waals surface area contributed by atoms with Crippen LogP contribution >= 0.6 is 12.2 Å². The fraction of sp³-hybridized carbons (Fsp3) is 0.238. The van der Waals surface area contributed by atoms with Crippen LogP contribution in [-0.2, 0) is 9.53 Å². The van der Waals surface area contributed by atoms with E-state index in [9.17, 15) is 20.0 Å². The van der Waals surface area contributed by atoms with Crippen molar-refractivity contribution >= 4 is 34.7 Å². The van der Waals surface area contributed by atoms with Crippen molar-refractivity contribution in [2.75, 3.05) is 12.0 Å². The lowest BCUT2D eigenvalue weighted by molar-refractivity contribution is -0.385. The number of aryl methyl sites for hydroxylation is 2. The smallest absolute Gasteiger partial charge is 0.337 e. The number of carbonyl (C=O) groups is 1. The van der Waals surface area contributed by atoms with Crippen LogP contribution in [0.5, 0.6) is 5.75 Å². The highest BCUT2D eigenvalue weighted by Crippen LogP contribution is 2.38. The highest BCUT2D eigenvalue weighted by atomic mass is 32.1. The topological polar surface area (TPSA) is 105 Å². The van der Waals surface area contributed by atoms with Crippen LogP contribution in [-0.4, -0.2) is 28.2 Å². The number of rotatable bonds is 4. The molecule has 2 N–H and O–H groups in total. The van der Waals surface area contributed by atoms with Crippen molar-refractivity contribution in [3.8, 4) is 5.75 Å². The number of nitrogens with zero attached hydrogens (tertiary/aromatic N) is 2. The molecule has 0 radical (unpaired) electrons. The lowest BCUT2D eigenvalue weighted by Crippen LogP contribution is -2.48. The molecule has 1 heterocycles. The quantitative estimate of drug-likeness (QED) is 0.329. The molecule has 0 aliphatic carbocycles. The number of methoxy groups -OCH3 is 1. The molecular formula is C21H21N3O5S. The van der Waals surface area contributed by atoms with E-state index in [4.69, 9.17) is 17.0 Å². The zero-order valence-electron chi connectivity index (χ0n) is 16.9. The fourth-order valence-corrected chi connectivity index (χ4v) is 3.84. The van der Waals surface area contributed by atoms with Gasteiger partial charge in [-0.25, -0.2) is 4.79 Å². The summed E-state index contributed by atoms with van der Waals surface area (Å²) in [4.78, 5) is 25.0. The van der Waals surface area contributed by atoms with E-state index < -0.39 is 28.4 Å². The molecule has 156 valence electrons. The van der Waals surface area contributed by atoms with E-state index in [1.165, 1.54) is 25.3 Å². The Bertz CT molecular complexity index is 1100. The maximum atomic E-state index is 12.7. The lowest BCUT2D eigenvalue weighted by Gasteiger charge is -2.38. The first-order valence-corrected chi connectivity index (χ1v) is 9.50. The van der Waals surface area contributed by atoms with Crippen molar-refractivity contribution in [2.24, 2.45) is 0 Å². The average Bonchev–Trinajstić information content (AvgIpc) is 2.69. The standard InChI is InChI=1S/C21H21N3O5S/c1-11-5-6-12(2)15(9-11)23-13(3)18(20(26)29-4)19(22-21(23)30)14-7-8-17(25)16(10-14)24(27)28/h5-10,19,25H,1-4H3,(H,22,30). The van der Waals surface area contributed by atoms with E-state index >= 15 is 0 Å². The van der Waals surface area contributed by atoms with Crippen LogP contribution in [0, 0.1) is 24.0 Å². The Kier molecular flexibility index (Phi) is 5.75. The minimum atomic E-state index is -0.773. The van der Waals surface area contributed by atoms with Crippen LogP contribution in [0.25, 0.3) is 0 Å². The van der Waals surface area contributed by atoms with Crippen molar-refractivity contribution < 1.29 is 19.6 Å². The maximum absolute atomic E-state index is 12.7. The van der Waals surface area contributed by atoms with Crippen molar-refractivity contribution in [1.29, 1.82) is 0 Å². The Balaban J connectivity index is 2.20. The number of phenols is 1. The molecule has 1 aliphatic heterocycles. The summed E-state index contributed by atoms with van der Waals surface area (Å²) in [7, 11) is 1.27. The summed E-state index contributed by atoms with van der Waals surface area (Å²) in [6.07, 6.45) is 0. The van der Waals surface area contributed by atoms with E-state index in [0.717, 1.165) is 16.8 Å². The number of nitrogens with one attached hydrogen (secondary N) is 1. The second kappa shape index (κ2) is 8.11. The zero-order valence-corrected chi connectivity index (χ0v) is 17.7. The van der Waals surface area contributed by atoms with Gasteiger partial charge in [0.1, 0.15) is 0 Å². The van der Waals surface area contributed by atoms with Gasteiger partial charge in [-0.2, -0.15) is 0 Å². The molecule has 0 saturated carbocycles. The van der Waals surface area contributed by atoms with Gasteiger partial charge in [-0.3, -0.25) is 15.0 Å². The van der Waals surface area contributed by atoms with Gasteiger partial charge in [0.15, 0.2) is 10.9 Å². The third-order valence-corrected chi connectivity index (χ3v) is 5.33. The second-order valence-electron chi connectivity index (χ2n) is 7.00. The summed E-state index contributed by atoms with van der Waals surface area (Å²) in [5, 5.41) is 24.5. The van der Waals surface area contributed by atoms with E-state index in [1.807, 2.05) is 32.0 Å². The van der Waals surface area contributed by atoms with E-state index in [2.05, 4.69) is 5.32 Å². The molecule has 1 aliphatic rings. The lowest BCUT2D eigenvalue weighted by atomic mass is 9.94. The highest BCUT2D eigenvalue weighted by Gasteiger charge is 2.36. The Labute approximate surface area is 178 Å². The summed E-state index contributed by atoms with van der Waals surface area (Å²) in [5.41, 5.74) is 3.59. The molecule has 2 aromatic rings. The largest absolute Gasteiger partial charge is 0.502 e. The normalized spacial score (nSPS) is 16.3. The second-order valence-corrected chi connectivity index (χ2v) is 7.39. The number of nitro benzene ring substituents is 1. The van der Waals surface area contributed by atoms with Crippen molar-refractivity contribution in [1.82, 2.24) is 5.32 Å². The third kappa shape index (κ3) is 3.71. The summed E-state index contributed by atoms with van der Waals surface area (Å²) >= 11 is 5.60. The molecule has 0 aromatic heterocycles. The first-order chi connectivity index (χ1) is 14.1. The van der Waals surface area contributed by atoms with Crippen LogP contribution in [0.4, 0.5) is 11.4 Å². The number of anilines is 1. The van der Waals surface area contributed by atoms with Gasteiger partial charge in [0, 0.05) is 11.8 Å². The Morgan fingerprint density at radius 2 is 1.93 bits per heavy atom. The molecule has 1 atom stereocenters. The number of allylic oxidation sites excluding steroid dienone is 1. The zero-order chi connectivity index (χ0) is 22.2. The molecule has 0 bridgehead atoms. The molecule has 0 amide bonds. The van der Waals surface area contributed by atoms with Gasteiger partial charge in [0.25, 0.3) is 0 Å². The summed E-state index contributed by atoms with van der Waals surface area (Å²) in [6.45, 7) is 5.66. The van der Waals surface area contributed by atoms with Crippen LogP contribution in [0.3, 0.4) is 0 Å². The number of hydrogen-bond acceptors (Lipinski definition) is 6. The summed E-state index contributed by atoms with van der Waals surface area (Å²) < 4.78 is 5.00. The molecular weight excluding hydrogens is 406 g/mol. The van der Waals surface area contributed by atoms with Gasteiger partial charge in [-0.15, -0.1) is 0 Å². The van der Waals surface area contributed by atoms with Gasteiger partial charge in [0.05, 0.1) is 29.3 Å². The number of phenolic OH excluding ortho intramolecular Hbond substituents is 1. The van der Waals surface area contributed by atoms with Crippen LogP contribution < -0.4 is 10.2 Å². The molecule has 0 saturated heterocycles. The highest BCUT2D eigenvalue weighted by molar-refractivity contribution is 7.80. The molecule has 30 heavy (non-hydrogen) atoms. The maximum Gasteiger partial charge on any atom is 0.337 e. The number of ether oxygens (including phenoxy) is 1. The average molecular weight is 427 g/mol. The van der Waals surface area contributed by atoms with Crippen LogP contribution in [0.1, 0.15) is 29.7 Å². The molecule has 9 heteroatoms. The number of nitro groups is 1. The molecule has 1 unspecified atom stereocenters. The van der Waals surface area contributed by atoms with Crippen molar-refractivity contribution in [2.45, 2.75) is 26.8 Å². The summed E-state index contributed by atoms with van der Waals surface area (Å²) in [6, 6.07) is 9.09. The molecule has 0 fully saturated rings. The van der Waals surface area contributed by atoms with Gasteiger partial charge >= 0.3 is 11.7 Å². The van der Waals surface area contributed by atoms with Gasteiger partial charge in [0.2, 0.25) is 0 Å². The Morgan fingerprint density at radius 3 is 2.57 bits per heavy atom. The van der Waals surface area contributed by atoms with E-state index in [-0.39, 0.29) is 5.57 Å². The number of thiocarbonyl (C=S) groups is 1. The first-order valence-electron chi connectivity index (χ1n) is 9.10. The number of benzene rings is 2. The third-order valence-electron chi connectivity index (χ3n) is 5.03. The predicted octanol–water partition coefficient (Wildman–Crippen LogP) is 3.80.